The van der Waals surface area contributed by atoms with E-state index >= 15 is 0 Å². The Morgan fingerprint density at radius 3 is 1.93 bits per heavy atom. The number of hydrogen-bond acceptors (Lipinski definition) is 4. The van der Waals surface area contributed by atoms with Crippen molar-refractivity contribution in [3.63, 3.8) is 0 Å². The first-order valence-electron chi connectivity index (χ1n) is 10.3. The lowest BCUT2D eigenvalue weighted by Crippen LogP contribution is -2.48. The molecule has 4 nitrogen and oxygen atoms in total. The molecule has 162 valence electrons. The fourth-order valence-electron chi connectivity index (χ4n) is 3.84. The fourth-order valence-corrected chi connectivity index (χ4v) is 3.92. The second kappa shape index (κ2) is 11.5. The third kappa shape index (κ3) is 6.84. The summed E-state index contributed by atoms with van der Waals surface area (Å²) in [5.74, 6) is -0.526. The van der Waals surface area contributed by atoms with Crippen LogP contribution in [-0.4, -0.2) is 61.0 Å². The van der Waals surface area contributed by atoms with Gasteiger partial charge in [0.15, 0.2) is 0 Å². The van der Waals surface area contributed by atoms with Gasteiger partial charge in [0.1, 0.15) is 18.2 Å². The summed E-state index contributed by atoms with van der Waals surface area (Å²) in [6.45, 7) is 5.08. The van der Waals surface area contributed by atoms with Crippen LogP contribution in [0.2, 0.25) is 0 Å². The Morgan fingerprint density at radius 2 is 1.43 bits per heavy atom. The van der Waals surface area contributed by atoms with Gasteiger partial charge in [-0.2, -0.15) is 0 Å². The van der Waals surface area contributed by atoms with E-state index in [9.17, 15) is 13.6 Å². The highest BCUT2D eigenvalue weighted by Gasteiger charge is 2.26. The molecule has 1 fully saturated rings. The SMILES string of the molecule is O=C(Cl)COCCCCN1CCN(C(c2ccc(F)cc2)c2ccc(F)cc2)CC1. The molecular weight excluding hydrogens is 410 g/mol. The summed E-state index contributed by atoms with van der Waals surface area (Å²) in [6, 6.07) is 13.1. The van der Waals surface area contributed by atoms with Gasteiger partial charge in [0.05, 0.1) is 6.04 Å². The summed E-state index contributed by atoms with van der Waals surface area (Å²) >= 11 is 5.24. The maximum atomic E-state index is 13.4. The molecule has 0 N–H and O–H groups in total. The predicted octanol–water partition coefficient (Wildman–Crippen LogP) is 4.23. The van der Waals surface area contributed by atoms with E-state index < -0.39 is 5.24 Å². The summed E-state index contributed by atoms with van der Waals surface area (Å²) in [5, 5.41) is -0.469. The summed E-state index contributed by atoms with van der Waals surface area (Å²) < 4.78 is 32.1. The van der Waals surface area contributed by atoms with Crippen molar-refractivity contribution in [2.45, 2.75) is 18.9 Å². The molecule has 30 heavy (non-hydrogen) atoms. The van der Waals surface area contributed by atoms with Crippen LogP contribution in [0, 0.1) is 11.6 Å². The Kier molecular flexibility index (Phi) is 8.75. The topological polar surface area (TPSA) is 32.8 Å². The van der Waals surface area contributed by atoms with Gasteiger partial charge in [-0.1, -0.05) is 24.3 Å². The van der Waals surface area contributed by atoms with Gasteiger partial charge < -0.3 is 9.64 Å². The monoisotopic (exact) mass is 436 g/mol. The van der Waals surface area contributed by atoms with Crippen LogP contribution in [0.25, 0.3) is 0 Å². The zero-order valence-corrected chi connectivity index (χ0v) is 17.7. The molecule has 2 aromatic carbocycles. The number of halogens is 3. The number of rotatable bonds is 10. The van der Waals surface area contributed by atoms with Gasteiger partial charge in [-0.05, 0) is 66.4 Å². The fraction of sp³-hybridized carbons (Fsp3) is 0.435. The van der Waals surface area contributed by atoms with Gasteiger partial charge in [-0.3, -0.25) is 9.69 Å². The Bertz CT molecular complexity index is 748. The molecule has 0 aliphatic carbocycles. The molecular formula is C23H27ClF2N2O2. The summed E-state index contributed by atoms with van der Waals surface area (Å²) in [4.78, 5) is 15.4. The second-order valence-electron chi connectivity index (χ2n) is 7.50. The van der Waals surface area contributed by atoms with Crippen molar-refractivity contribution in [3.8, 4) is 0 Å². The highest BCUT2D eigenvalue weighted by Crippen LogP contribution is 2.30. The van der Waals surface area contributed by atoms with Crippen LogP contribution in [0.1, 0.15) is 30.0 Å². The van der Waals surface area contributed by atoms with E-state index in [2.05, 4.69) is 9.80 Å². The molecule has 0 spiro atoms. The minimum Gasteiger partial charge on any atom is -0.372 e. The number of nitrogens with zero attached hydrogens (tertiary/aromatic N) is 2. The predicted molar refractivity (Wildman–Crippen MR) is 114 cm³/mol. The molecule has 1 saturated heterocycles. The van der Waals surface area contributed by atoms with E-state index in [1.807, 2.05) is 0 Å². The van der Waals surface area contributed by atoms with Crippen LogP contribution < -0.4 is 0 Å². The van der Waals surface area contributed by atoms with Crippen molar-refractivity contribution in [3.05, 3.63) is 71.3 Å². The molecule has 2 aromatic rings. The molecule has 0 unspecified atom stereocenters. The number of carbonyl (C=O) groups is 1. The van der Waals surface area contributed by atoms with E-state index in [-0.39, 0.29) is 24.3 Å². The van der Waals surface area contributed by atoms with Gasteiger partial charge in [-0.15, -0.1) is 0 Å². The third-order valence-electron chi connectivity index (χ3n) is 5.37. The van der Waals surface area contributed by atoms with Gasteiger partial charge in [-0.25, -0.2) is 8.78 Å². The maximum absolute atomic E-state index is 13.4. The van der Waals surface area contributed by atoms with E-state index in [4.69, 9.17) is 16.3 Å². The Hall–Kier alpha value is -1.86. The van der Waals surface area contributed by atoms with E-state index in [1.54, 1.807) is 24.3 Å². The Balaban J connectivity index is 1.55. The number of hydrogen-bond donors (Lipinski definition) is 0. The number of ether oxygens (including phenoxy) is 1. The Morgan fingerprint density at radius 1 is 0.900 bits per heavy atom. The quantitative estimate of drug-likeness (QED) is 0.412. The normalized spacial score (nSPS) is 15.6. The van der Waals surface area contributed by atoms with Crippen LogP contribution in [-0.2, 0) is 9.53 Å². The smallest absolute Gasteiger partial charge is 0.247 e. The van der Waals surface area contributed by atoms with Crippen LogP contribution in [0.3, 0.4) is 0 Å². The van der Waals surface area contributed by atoms with Crippen molar-refractivity contribution in [1.29, 1.82) is 0 Å². The first-order valence-corrected chi connectivity index (χ1v) is 10.6. The highest BCUT2D eigenvalue weighted by molar-refractivity contribution is 6.63. The first kappa shape index (κ1) is 22.8. The summed E-state index contributed by atoms with van der Waals surface area (Å²) in [7, 11) is 0. The van der Waals surface area contributed by atoms with Gasteiger partial charge in [0, 0.05) is 32.8 Å². The van der Waals surface area contributed by atoms with E-state index in [1.165, 1.54) is 24.3 Å². The van der Waals surface area contributed by atoms with Crippen LogP contribution in [0.5, 0.6) is 0 Å². The minimum atomic E-state index is -0.469. The maximum Gasteiger partial charge on any atom is 0.247 e. The van der Waals surface area contributed by atoms with Crippen molar-refractivity contribution in [2.75, 3.05) is 45.9 Å². The minimum absolute atomic E-state index is 0.0326. The van der Waals surface area contributed by atoms with Crippen LogP contribution in [0.15, 0.2) is 48.5 Å². The molecule has 1 heterocycles. The molecule has 0 aromatic heterocycles. The zero-order chi connectivity index (χ0) is 21.3. The Labute approximate surface area is 181 Å². The van der Waals surface area contributed by atoms with Gasteiger partial charge >= 0.3 is 0 Å². The average molecular weight is 437 g/mol. The number of benzene rings is 2. The zero-order valence-electron chi connectivity index (χ0n) is 16.9. The molecule has 0 amide bonds. The second-order valence-corrected chi connectivity index (χ2v) is 7.92. The van der Waals surface area contributed by atoms with Crippen molar-refractivity contribution in [2.24, 2.45) is 0 Å². The van der Waals surface area contributed by atoms with Gasteiger partial charge in [0.2, 0.25) is 5.24 Å². The van der Waals surface area contributed by atoms with Crippen molar-refractivity contribution in [1.82, 2.24) is 9.80 Å². The lowest BCUT2D eigenvalue weighted by molar-refractivity contribution is -0.115. The van der Waals surface area contributed by atoms with Crippen molar-refractivity contribution >= 4 is 16.8 Å². The molecule has 1 aliphatic heterocycles. The van der Waals surface area contributed by atoms with Gasteiger partial charge in [0.25, 0.3) is 0 Å². The first-order chi connectivity index (χ1) is 14.5. The van der Waals surface area contributed by atoms with Crippen molar-refractivity contribution < 1.29 is 18.3 Å². The summed E-state index contributed by atoms with van der Waals surface area (Å²) in [5.41, 5.74) is 2.00. The lowest BCUT2D eigenvalue weighted by Gasteiger charge is -2.40. The number of carbonyl (C=O) groups excluding carboxylic acids is 1. The van der Waals surface area contributed by atoms with Crippen LogP contribution in [0.4, 0.5) is 8.78 Å². The highest BCUT2D eigenvalue weighted by atomic mass is 35.5. The molecule has 0 radical (unpaired) electrons. The molecule has 0 atom stereocenters. The number of unbranched alkanes of at least 4 members (excludes halogenated alkanes) is 1. The summed E-state index contributed by atoms with van der Waals surface area (Å²) in [6.07, 6.45) is 1.88. The van der Waals surface area contributed by atoms with Crippen LogP contribution >= 0.6 is 11.6 Å². The number of piperazine rings is 1. The largest absolute Gasteiger partial charge is 0.372 e. The molecule has 1 aliphatic rings. The molecule has 7 heteroatoms. The van der Waals surface area contributed by atoms with E-state index in [0.717, 1.165) is 56.7 Å². The molecule has 0 bridgehead atoms. The molecule has 0 saturated carbocycles. The molecule has 3 rings (SSSR count). The standard InChI is InChI=1S/C23H27ClF2N2O2/c24-22(29)17-30-16-2-1-11-27-12-14-28(15-13-27)23(18-3-7-20(25)8-4-18)19-5-9-21(26)10-6-19/h3-10,23H,1-2,11-17H2. The lowest BCUT2D eigenvalue weighted by atomic mass is 9.96. The third-order valence-corrected chi connectivity index (χ3v) is 5.48. The van der Waals surface area contributed by atoms with E-state index in [0.29, 0.717) is 6.61 Å². The average Bonchev–Trinajstić information content (AvgIpc) is 2.74.